The Morgan fingerprint density at radius 3 is 0.907 bits per heavy atom. The van der Waals surface area contributed by atoms with E-state index in [4.69, 9.17) is 77.9 Å². The summed E-state index contributed by atoms with van der Waals surface area (Å²) in [7, 11) is 0. The van der Waals surface area contributed by atoms with E-state index in [1.54, 1.807) is 40.7 Å². The van der Waals surface area contributed by atoms with Crippen molar-refractivity contribution in [3.63, 3.8) is 0 Å². The number of benzene rings is 1. The summed E-state index contributed by atoms with van der Waals surface area (Å²) in [4.78, 5) is 145. The van der Waals surface area contributed by atoms with Crippen LogP contribution in [0.4, 0.5) is 9.59 Å². The lowest BCUT2D eigenvalue weighted by atomic mass is 9.91. The number of nitrogens with zero attached hydrogens (tertiary/aromatic N) is 4. The highest BCUT2D eigenvalue weighted by molar-refractivity contribution is 5.87. The lowest BCUT2D eigenvalue weighted by Gasteiger charge is -2.20. The van der Waals surface area contributed by atoms with E-state index in [2.05, 4.69) is 41.7 Å². The predicted molar refractivity (Wildman–Crippen MR) is 440 cm³/mol. The molecule has 1 rings (SSSR count). The lowest BCUT2D eigenvalue weighted by molar-refractivity contribution is -0.155. The molecule has 666 valence electrons. The molecule has 0 spiro atoms. The minimum absolute atomic E-state index is 0.00112. The predicted octanol–water partition coefficient (Wildman–Crippen LogP) is 14.3. The van der Waals surface area contributed by atoms with Crippen LogP contribution in [0.15, 0.2) is 67.8 Å². The molecule has 1 aromatic carbocycles. The molecular formula is C86H136N6O26. The zero-order valence-corrected chi connectivity index (χ0v) is 73.8. The van der Waals surface area contributed by atoms with Crippen LogP contribution >= 0.6 is 0 Å². The molecule has 0 aliphatic carbocycles. The quantitative estimate of drug-likeness (QED) is 0.0265. The summed E-state index contributed by atoms with van der Waals surface area (Å²) in [5.41, 5.74) is 1.73. The fourth-order valence-corrected chi connectivity index (χ4v) is 6.05. The number of carbonyl (C=O) groups excluding carboxylic acids is 13. The highest BCUT2D eigenvalue weighted by Gasteiger charge is 2.28. The van der Waals surface area contributed by atoms with Crippen molar-refractivity contribution in [3.8, 4) is 24.3 Å². The van der Waals surface area contributed by atoms with Gasteiger partial charge in [-0.25, -0.2) is 24.0 Å². The van der Waals surface area contributed by atoms with Gasteiger partial charge in [-0.05, 0) is 104 Å². The van der Waals surface area contributed by atoms with Gasteiger partial charge in [0, 0.05) is 17.2 Å². The number of nitriles is 4. The van der Waals surface area contributed by atoms with Gasteiger partial charge in [0.25, 0.3) is 0 Å². The molecule has 32 heteroatoms. The first-order valence-corrected chi connectivity index (χ1v) is 39.4. The molecule has 0 saturated heterocycles. The molecule has 6 unspecified atom stereocenters. The molecule has 0 radical (unpaired) electrons. The molecule has 0 fully saturated rings. The molecule has 0 heterocycles. The second-order valence-electron chi connectivity index (χ2n) is 27.0. The van der Waals surface area contributed by atoms with Gasteiger partial charge in [-0.3, -0.25) is 38.4 Å². The Kier molecular flexibility index (Phi) is 79.8. The molecule has 2 N–H and O–H groups in total. The van der Waals surface area contributed by atoms with Crippen LogP contribution in [-0.4, -0.2) is 170 Å². The van der Waals surface area contributed by atoms with Crippen molar-refractivity contribution in [1.29, 1.82) is 21.0 Å². The molecule has 6 atom stereocenters. The third kappa shape index (κ3) is 72.5. The van der Waals surface area contributed by atoms with E-state index in [0.717, 1.165) is 55.7 Å². The number of rotatable bonds is 45. The maximum Gasteiger partial charge on any atom is 0.407 e. The smallest absolute Gasteiger partial charge is 0.407 e. The minimum atomic E-state index is -0.671. The summed E-state index contributed by atoms with van der Waals surface area (Å²) < 4.78 is 62.9. The number of nitrogens with one attached hydrogen (secondary N) is 2. The van der Waals surface area contributed by atoms with E-state index in [9.17, 15) is 62.3 Å². The molecule has 0 aromatic heterocycles. The van der Waals surface area contributed by atoms with Crippen LogP contribution in [-0.2, 0) is 121 Å². The average molecular weight is 1670 g/mol. The molecule has 0 aliphatic rings. The van der Waals surface area contributed by atoms with Gasteiger partial charge in [-0.1, -0.05) is 154 Å². The summed E-state index contributed by atoms with van der Waals surface area (Å²) in [5, 5.41) is 37.4. The van der Waals surface area contributed by atoms with E-state index in [1.807, 2.05) is 145 Å². The zero-order valence-electron chi connectivity index (χ0n) is 73.8. The van der Waals surface area contributed by atoms with Crippen LogP contribution in [0.2, 0.25) is 0 Å². The van der Waals surface area contributed by atoms with Crippen LogP contribution in [0, 0.1) is 91.7 Å². The van der Waals surface area contributed by atoms with E-state index >= 15 is 0 Å². The van der Waals surface area contributed by atoms with Crippen LogP contribution in [0.25, 0.3) is 6.08 Å². The Bertz CT molecular complexity index is 3190. The van der Waals surface area contributed by atoms with Crippen LogP contribution < -0.4 is 10.6 Å². The fraction of sp³-hybridized carbons (Fsp3) is 0.640. The highest BCUT2D eigenvalue weighted by Crippen LogP contribution is 2.22. The van der Waals surface area contributed by atoms with Crippen molar-refractivity contribution in [1.82, 2.24) is 10.6 Å². The monoisotopic (exact) mass is 1670 g/mol. The van der Waals surface area contributed by atoms with Gasteiger partial charge in [-0.2, -0.15) is 21.0 Å². The van der Waals surface area contributed by atoms with Gasteiger partial charge in [-0.15, -0.1) is 0 Å². The topological polar surface area (TPSA) is 461 Å². The molecule has 0 saturated carbocycles. The first kappa shape index (κ1) is 120. The number of alkyl carbamates (subject to hydrolysis) is 2. The van der Waals surface area contributed by atoms with E-state index in [0.29, 0.717) is 30.6 Å². The first-order valence-electron chi connectivity index (χ1n) is 39.4. The number of ether oxygens (including phenoxy) is 13. The van der Waals surface area contributed by atoms with Gasteiger partial charge in [0.05, 0.1) is 109 Å². The van der Waals surface area contributed by atoms with Crippen molar-refractivity contribution >= 4 is 83.9 Å². The van der Waals surface area contributed by atoms with Crippen LogP contribution in [0.3, 0.4) is 0 Å². The largest absolute Gasteiger partial charge is 0.464 e. The van der Waals surface area contributed by atoms with E-state index in [-0.39, 0.29) is 201 Å². The normalized spacial score (nSPS) is 11.3. The summed E-state index contributed by atoms with van der Waals surface area (Å²) >= 11 is 0. The lowest BCUT2D eigenvalue weighted by Crippen LogP contribution is -2.31. The van der Waals surface area contributed by atoms with Gasteiger partial charge in [0.1, 0.15) is 85.9 Å². The standard InChI is InChI=1S/2C14H23NO6.C14H18O2.C11H18O4.C9H15NO2.3C8H13NO2/c1-5-11(4)13(17)20-8-9-21-14(18)15-6-7-19-12(16)10(2)3;1-5-11(16)19-8-7-15-13(18)21-10-9-20-12(17)14(3,4)6-2;1-4-11(3)14(15)16-10-13-8-6-12(5-2)7-9-13;1-5-9(4)11(13)15-7-6-14-10(12)8(2)3;1-4-9(2,3)8(11)12-7-5-6-10;3*1-3-7(2)8(10)11-6-4-5-9/h11H,2,5-9H2,1,3-4H3,(H,15,18);5H,1,6-10H2,2-4H3,(H,15,18);5-9,11H,2,4,10H2,1,3H3;9H,2,5-7H2,1,3-4H3;4-5,7H2,1-3H3;3*7H,3-4,6H2,1-2H3. The van der Waals surface area contributed by atoms with Crippen molar-refractivity contribution < 1.29 is 124 Å². The van der Waals surface area contributed by atoms with Gasteiger partial charge in [0.15, 0.2) is 0 Å². The molecule has 118 heavy (non-hydrogen) atoms. The van der Waals surface area contributed by atoms with Crippen LogP contribution in [0.5, 0.6) is 0 Å². The molecule has 32 nitrogen and oxygen atoms in total. The third-order valence-corrected chi connectivity index (χ3v) is 16.1. The first-order chi connectivity index (χ1) is 55.6. The number of carbonyl (C=O) groups is 13. The Labute approximate surface area is 700 Å². The highest BCUT2D eigenvalue weighted by atomic mass is 16.6. The Balaban J connectivity index is -0.000000242. The number of hydrogen-bond acceptors (Lipinski definition) is 30. The van der Waals surface area contributed by atoms with Crippen molar-refractivity contribution in [2.45, 2.75) is 222 Å². The Hall–Kier alpha value is -11.1. The average Bonchev–Trinajstić information content (AvgIpc) is 0.903. The van der Waals surface area contributed by atoms with Gasteiger partial charge < -0.3 is 72.2 Å². The van der Waals surface area contributed by atoms with Crippen molar-refractivity contribution in [3.05, 3.63) is 78.9 Å². The Morgan fingerprint density at radius 2 is 0.627 bits per heavy atom. The third-order valence-electron chi connectivity index (χ3n) is 16.1. The van der Waals surface area contributed by atoms with Crippen molar-refractivity contribution in [2.75, 3.05) is 92.4 Å². The minimum Gasteiger partial charge on any atom is -0.464 e. The summed E-state index contributed by atoms with van der Waals surface area (Å²) in [5.74, 6) is -3.84. The number of hydrogen-bond donors (Lipinski definition) is 2. The molecule has 0 bridgehead atoms. The van der Waals surface area contributed by atoms with Gasteiger partial charge in [0.2, 0.25) is 0 Å². The zero-order chi connectivity index (χ0) is 92.0. The second-order valence-corrected chi connectivity index (χ2v) is 27.0. The Morgan fingerprint density at radius 1 is 0.373 bits per heavy atom. The maximum absolute atomic E-state index is 11.6. The van der Waals surface area contributed by atoms with Crippen molar-refractivity contribution in [2.24, 2.45) is 46.3 Å². The number of amides is 2. The van der Waals surface area contributed by atoms with E-state index in [1.165, 1.54) is 6.92 Å². The molecular weight excluding hydrogens is 1530 g/mol. The second kappa shape index (κ2) is 78.4. The maximum atomic E-state index is 11.6. The fourth-order valence-electron chi connectivity index (χ4n) is 6.05. The van der Waals surface area contributed by atoms with E-state index < -0.39 is 40.9 Å². The number of esters is 11. The summed E-state index contributed by atoms with van der Waals surface area (Å²) in [6.45, 7) is 52.0. The summed E-state index contributed by atoms with van der Waals surface area (Å²) in [6.07, 6.45) is 8.60. The molecule has 1 aromatic rings. The molecule has 0 aliphatic heterocycles. The summed E-state index contributed by atoms with van der Waals surface area (Å²) in [6, 6.07) is 15.4. The SMILES string of the molecule is C=C(C)C(=O)OCCNC(=O)OCCOC(=O)C(C)CC.C=C(C)C(=O)OCCOC(=O)C(C)CC.C=CC(=O)OCCNC(=O)OCCOC(=O)C(C)(C)CC.C=Cc1ccc(COC(=O)C(C)CC)cc1.CCC(C)(C)C(=O)OCCC#N.CCC(C)C(=O)OCCC#N.CCC(C)C(=O)OCCC#N.CCC(C)C(=O)OCCC#N. The molecule has 2 amide bonds. The van der Waals surface area contributed by atoms with Crippen LogP contribution in [0.1, 0.15) is 227 Å². The van der Waals surface area contributed by atoms with Gasteiger partial charge >= 0.3 is 77.8 Å².